The molecular formula is C22H20N4O4S2. The molecule has 8 nitrogen and oxygen atoms in total. The van der Waals surface area contributed by atoms with E-state index >= 15 is 0 Å². The largest absolute Gasteiger partial charge is 0.454 e. The molecule has 0 saturated heterocycles. The first-order chi connectivity index (χ1) is 15.5. The molecule has 0 spiro atoms. The van der Waals surface area contributed by atoms with Crippen LogP contribution < -0.4 is 20.1 Å². The van der Waals surface area contributed by atoms with Crippen LogP contribution in [0.4, 0.5) is 10.8 Å². The van der Waals surface area contributed by atoms with Crippen molar-refractivity contribution in [3.05, 3.63) is 59.2 Å². The SMILES string of the molecule is Cc1cccc(NC(=O)CSc2nnc(NC(=O)/C=C\c3ccc4c(c3)OCO4)s2)c1C. The molecule has 0 aliphatic carbocycles. The number of amides is 2. The first-order valence-electron chi connectivity index (χ1n) is 9.69. The normalized spacial score (nSPS) is 12.2. The third-order valence-corrected chi connectivity index (χ3v) is 6.64. The predicted octanol–water partition coefficient (Wildman–Crippen LogP) is 4.27. The van der Waals surface area contributed by atoms with Crippen LogP contribution >= 0.6 is 23.1 Å². The van der Waals surface area contributed by atoms with Gasteiger partial charge in [-0.3, -0.25) is 14.9 Å². The second kappa shape index (κ2) is 9.84. The summed E-state index contributed by atoms with van der Waals surface area (Å²) in [5.41, 5.74) is 3.77. The number of aryl methyl sites for hydroxylation is 1. The van der Waals surface area contributed by atoms with Gasteiger partial charge in [-0.15, -0.1) is 10.2 Å². The average molecular weight is 469 g/mol. The lowest BCUT2D eigenvalue weighted by Crippen LogP contribution is -2.15. The number of thioether (sulfide) groups is 1. The Morgan fingerprint density at radius 1 is 1.12 bits per heavy atom. The third kappa shape index (κ3) is 5.45. The summed E-state index contributed by atoms with van der Waals surface area (Å²) in [6.45, 7) is 4.17. The molecule has 10 heteroatoms. The van der Waals surface area contributed by atoms with Gasteiger partial charge in [0.2, 0.25) is 23.7 Å². The predicted molar refractivity (Wildman–Crippen MR) is 125 cm³/mol. The van der Waals surface area contributed by atoms with E-state index in [4.69, 9.17) is 9.47 Å². The molecule has 1 aromatic heterocycles. The maximum atomic E-state index is 12.3. The number of nitrogens with zero attached hydrogens (tertiary/aromatic N) is 2. The first-order valence-corrected chi connectivity index (χ1v) is 11.5. The zero-order valence-electron chi connectivity index (χ0n) is 17.4. The van der Waals surface area contributed by atoms with Gasteiger partial charge in [0, 0.05) is 11.8 Å². The van der Waals surface area contributed by atoms with Crippen molar-refractivity contribution >= 4 is 51.8 Å². The summed E-state index contributed by atoms with van der Waals surface area (Å²) in [7, 11) is 0. The Morgan fingerprint density at radius 3 is 2.84 bits per heavy atom. The van der Waals surface area contributed by atoms with Crippen LogP contribution in [0.2, 0.25) is 0 Å². The Labute approximate surface area is 193 Å². The number of ether oxygens (including phenoxy) is 2. The highest BCUT2D eigenvalue weighted by Crippen LogP contribution is 2.33. The van der Waals surface area contributed by atoms with Gasteiger partial charge in [-0.2, -0.15) is 0 Å². The summed E-state index contributed by atoms with van der Waals surface area (Å²) >= 11 is 2.48. The summed E-state index contributed by atoms with van der Waals surface area (Å²) in [5, 5.41) is 13.9. The molecule has 0 bridgehead atoms. The van der Waals surface area contributed by atoms with Gasteiger partial charge in [-0.1, -0.05) is 41.3 Å². The van der Waals surface area contributed by atoms with Crippen LogP contribution in [0.25, 0.3) is 6.08 Å². The molecule has 0 fully saturated rings. The zero-order chi connectivity index (χ0) is 22.5. The number of hydrogen-bond donors (Lipinski definition) is 2. The van der Waals surface area contributed by atoms with E-state index in [1.165, 1.54) is 29.2 Å². The quantitative estimate of drug-likeness (QED) is 0.303. The van der Waals surface area contributed by atoms with E-state index in [-0.39, 0.29) is 24.4 Å². The monoisotopic (exact) mass is 468 g/mol. The minimum atomic E-state index is -0.331. The lowest BCUT2D eigenvalue weighted by Gasteiger charge is -2.09. The van der Waals surface area contributed by atoms with Crippen molar-refractivity contribution in [1.82, 2.24) is 10.2 Å². The lowest BCUT2D eigenvalue weighted by atomic mass is 10.1. The van der Waals surface area contributed by atoms with Crippen LogP contribution in [-0.2, 0) is 9.59 Å². The number of nitrogens with one attached hydrogen (secondary N) is 2. The number of hydrogen-bond acceptors (Lipinski definition) is 8. The van der Waals surface area contributed by atoms with E-state index in [0.717, 1.165) is 22.4 Å². The molecule has 0 saturated carbocycles. The molecule has 2 N–H and O–H groups in total. The fraction of sp³-hybridized carbons (Fsp3) is 0.182. The van der Waals surface area contributed by atoms with E-state index in [0.29, 0.717) is 21.0 Å². The molecular weight excluding hydrogens is 448 g/mol. The van der Waals surface area contributed by atoms with Crippen LogP contribution in [-0.4, -0.2) is 34.6 Å². The van der Waals surface area contributed by atoms with Crippen LogP contribution in [0.3, 0.4) is 0 Å². The van der Waals surface area contributed by atoms with Gasteiger partial charge in [0.15, 0.2) is 15.8 Å². The molecule has 1 aliphatic heterocycles. The molecule has 1 aliphatic rings. The van der Waals surface area contributed by atoms with Crippen molar-refractivity contribution in [2.75, 3.05) is 23.2 Å². The minimum absolute atomic E-state index is 0.129. The number of rotatable bonds is 7. The Balaban J connectivity index is 1.26. The second-order valence-corrected chi connectivity index (χ2v) is 9.09. The highest BCUT2D eigenvalue weighted by Gasteiger charge is 2.13. The molecule has 0 radical (unpaired) electrons. The van der Waals surface area contributed by atoms with Crippen molar-refractivity contribution in [3.8, 4) is 11.5 Å². The van der Waals surface area contributed by atoms with Crippen molar-refractivity contribution < 1.29 is 19.1 Å². The fourth-order valence-corrected chi connectivity index (χ4v) is 4.41. The van der Waals surface area contributed by atoms with E-state index in [2.05, 4.69) is 20.8 Å². The lowest BCUT2D eigenvalue weighted by molar-refractivity contribution is -0.114. The zero-order valence-corrected chi connectivity index (χ0v) is 19.0. The van der Waals surface area contributed by atoms with Gasteiger partial charge < -0.3 is 14.8 Å². The number of anilines is 2. The Morgan fingerprint density at radius 2 is 1.97 bits per heavy atom. The van der Waals surface area contributed by atoms with Crippen molar-refractivity contribution in [2.45, 2.75) is 18.2 Å². The molecule has 3 aromatic rings. The van der Waals surface area contributed by atoms with Crippen LogP contribution in [0.15, 0.2) is 46.8 Å². The molecule has 2 aromatic carbocycles. The van der Waals surface area contributed by atoms with Crippen molar-refractivity contribution in [3.63, 3.8) is 0 Å². The summed E-state index contributed by atoms with van der Waals surface area (Å²) in [6, 6.07) is 11.2. The van der Waals surface area contributed by atoms with Gasteiger partial charge in [0.25, 0.3) is 0 Å². The molecule has 2 amide bonds. The van der Waals surface area contributed by atoms with E-state index in [1.807, 2.05) is 38.1 Å². The Hall–Kier alpha value is -3.37. The number of benzene rings is 2. The van der Waals surface area contributed by atoms with Gasteiger partial charge in [-0.25, -0.2) is 0 Å². The highest BCUT2D eigenvalue weighted by atomic mass is 32.2. The van der Waals surface area contributed by atoms with Gasteiger partial charge >= 0.3 is 0 Å². The molecule has 32 heavy (non-hydrogen) atoms. The topological polar surface area (TPSA) is 102 Å². The summed E-state index contributed by atoms with van der Waals surface area (Å²) in [5.74, 6) is 1.08. The average Bonchev–Trinajstić information content (AvgIpc) is 3.43. The van der Waals surface area contributed by atoms with E-state index in [9.17, 15) is 9.59 Å². The number of aromatic nitrogens is 2. The van der Waals surface area contributed by atoms with Crippen molar-refractivity contribution in [2.24, 2.45) is 0 Å². The van der Waals surface area contributed by atoms with Crippen LogP contribution in [0.1, 0.15) is 16.7 Å². The second-order valence-electron chi connectivity index (χ2n) is 6.89. The van der Waals surface area contributed by atoms with Crippen molar-refractivity contribution in [1.29, 1.82) is 0 Å². The maximum absolute atomic E-state index is 12.3. The summed E-state index contributed by atoms with van der Waals surface area (Å²) in [6.07, 6.45) is 3.08. The first kappa shape index (κ1) is 21.8. The van der Waals surface area contributed by atoms with Crippen LogP contribution in [0.5, 0.6) is 11.5 Å². The fourth-order valence-electron chi connectivity index (χ4n) is 2.85. The smallest absolute Gasteiger partial charge is 0.250 e. The molecule has 0 atom stereocenters. The Bertz CT molecular complexity index is 1190. The molecule has 2 heterocycles. The number of carbonyl (C=O) groups is 2. The van der Waals surface area contributed by atoms with E-state index in [1.54, 1.807) is 18.2 Å². The van der Waals surface area contributed by atoms with Gasteiger partial charge in [0.05, 0.1) is 5.75 Å². The standard InChI is InChI=1S/C22H20N4O4S2/c1-13-4-3-5-16(14(13)2)23-20(28)11-31-22-26-25-21(32-22)24-19(27)9-7-15-6-8-17-18(10-15)30-12-29-17/h3-10H,11-12H2,1-2H3,(H,23,28)(H,24,25,27)/b9-7-. The number of fused-ring (bicyclic) bond motifs is 1. The summed E-state index contributed by atoms with van der Waals surface area (Å²) < 4.78 is 11.2. The highest BCUT2D eigenvalue weighted by molar-refractivity contribution is 8.01. The summed E-state index contributed by atoms with van der Waals surface area (Å²) in [4.78, 5) is 24.4. The van der Waals surface area contributed by atoms with Gasteiger partial charge in [0.1, 0.15) is 0 Å². The number of carbonyl (C=O) groups excluding carboxylic acids is 2. The molecule has 0 unspecified atom stereocenters. The minimum Gasteiger partial charge on any atom is -0.454 e. The molecule has 4 rings (SSSR count). The molecule has 164 valence electrons. The van der Waals surface area contributed by atoms with E-state index < -0.39 is 0 Å². The maximum Gasteiger partial charge on any atom is 0.250 e. The Kier molecular flexibility index (Phi) is 6.72. The third-order valence-electron chi connectivity index (χ3n) is 4.67. The van der Waals surface area contributed by atoms with Crippen LogP contribution in [0, 0.1) is 13.8 Å². The van der Waals surface area contributed by atoms with Gasteiger partial charge in [-0.05, 0) is 54.8 Å².